The molecule has 3 heterocycles. The zero-order valence-electron chi connectivity index (χ0n) is 16.4. The lowest BCUT2D eigenvalue weighted by atomic mass is 9.96. The Bertz CT molecular complexity index is 968. The minimum atomic E-state index is -0.397. The summed E-state index contributed by atoms with van der Waals surface area (Å²) >= 11 is 1.78. The second-order valence-electron chi connectivity index (χ2n) is 8.30. The van der Waals surface area contributed by atoms with E-state index in [4.69, 9.17) is 10.7 Å². The van der Waals surface area contributed by atoms with Gasteiger partial charge in [0.25, 0.3) is 0 Å². The van der Waals surface area contributed by atoms with Crippen LogP contribution in [0.3, 0.4) is 0 Å². The second kappa shape index (κ2) is 7.76. The molecule has 2 amide bonds. The molecule has 3 aromatic rings. The minimum Gasteiger partial charge on any atom is -0.352 e. The number of carbonyl (C=O) groups is 1. The van der Waals surface area contributed by atoms with Crippen LogP contribution >= 0.6 is 11.3 Å². The van der Waals surface area contributed by atoms with Gasteiger partial charge in [-0.05, 0) is 48.9 Å². The first-order valence-electron chi connectivity index (χ1n) is 10.4. The van der Waals surface area contributed by atoms with Crippen LogP contribution in [-0.2, 0) is 13.0 Å². The van der Waals surface area contributed by atoms with Crippen molar-refractivity contribution in [3.05, 3.63) is 64.7 Å². The lowest BCUT2D eigenvalue weighted by Gasteiger charge is -2.39. The van der Waals surface area contributed by atoms with Gasteiger partial charge in [-0.3, -0.25) is 4.90 Å². The van der Waals surface area contributed by atoms with Crippen LogP contribution in [0.5, 0.6) is 0 Å². The molecule has 1 aromatic heterocycles. The van der Waals surface area contributed by atoms with E-state index in [0.717, 1.165) is 31.3 Å². The Kier molecular flexibility index (Phi) is 4.97. The number of thiazole rings is 1. The zero-order valence-corrected chi connectivity index (χ0v) is 17.2. The van der Waals surface area contributed by atoms with Gasteiger partial charge in [0.1, 0.15) is 0 Å². The zero-order chi connectivity index (χ0) is 19.8. The van der Waals surface area contributed by atoms with E-state index in [9.17, 15) is 4.79 Å². The Morgan fingerprint density at radius 3 is 2.45 bits per heavy atom. The van der Waals surface area contributed by atoms with Crippen LogP contribution in [-0.4, -0.2) is 34.0 Å². The molecule has 3 N–H and O–H groups in total. The molecule has 0 aliphatic carbocycles. The number of rotatable bonds is 5. The van der Waals surface area contributed by atoms with Crippen molar-refractivity contribution in [1.29, 1.82) is 0 Å². The smallest absolute Gasteiger partial charge is 0.312 e. The number of nitrogens with two attached hydrogens (primary N) is 1. The van der Waals surface area contributed by atoms with Crippen LogP contribution in [0.4, 0.5) is 4.79 Å². The molecule has 5 rings (SSSR count). The summed E-state index contributed by atoms with van der Waals surface area (Å²) in [7, 11) is 0. The maximum absolute atomic E-state index is 11.2. The molecule has 0 spiro atoms. The van der Waals surface area contributed by atoms with Crippen LogP contribution in [0.2, 0.25) is 0 Å². The summed E-state index contributed by atoms with van der Waals surface area (Å²) in [5.74, 6) is 0. The topological polar surface area (TPSA) is 71.2 Å². The fourth-order valence-corrected chi connectivity index (χ4v) is 6.00. The highest BCUT2D eigenvalue weighted by molar-refractivity contribution is 7.18. The van der Waals surface area contributed by atoms with Gasteiger partial charge in [0.05, 0.1) is 15.2 Å². The lowest BCUT2D eigenvalue weighted by molar-refractivity contribution is 0.112. The van der Waals surface area contributed by atoms with Gasteiger partial charge in [-0.25, -0.2) is 9.78 Å². The predicted molar refractivity (Wildman–Crippen MR) is 117 cm³/mol. The van der Waals surface area contributed by atoms with Crippen molar-refractivity contribution in [2.75, 3.05) is 0 Å². The van der Waals surface area contributed by atoms with E-state index in [0.29, 0.717) is 12.1 Å². The molecule has 29 heavy (non-hydrogen) atoms. The monoisotopic (exact) mass is 406 g/mol. The maximum Gasteiger partial charge on any atom is 0.312 e. The number of carbonyl (C=O) groups excluding carboxylic acids is 1. The third-order valence-corrected chi connectivity index (χ3v) is 7.35. The number of nitrogens with one attached hydrogen (secondary N) is 1. The highest BCUT2D eigenvalue weighted by Gasteiger charge is 2.40. The average Bonchev–Trinajstić information content (AvgIpc) is 3.20. The van der Waals surface area contributed by atoms with Crippen molar-refractivity contribution in [1.82, 2.24) is 15.2 Å². The first-order valence-corrected chi connectivity index (χ1v) is 11.2. The van der Waals surface area contributed by atoms with E-state index in [2.05, 4.69) is 52.7 Å². The van der Waals surface area contributed by atoms with Crippen molar-refractivity contribution in [3.63, 3.8) is 0 Å². The summed E-state index contributed by atoms with van der Waals surface area (Å²) in [5, 5.41) is 4.08. The molecule has 2 bridgehead atoms. The van der Waals surface area contributed by atoms with Gasteiger partial charge in [-0.15, -0.1) is 11.3 Å². The summed E-state index contributed by atoms with van der Waals surface area (Å²) in [6.45, 7) is 0.986. The Morgan fingerprint density at radius 2 is 1.76 bits per heavy atom. The van der Waals surface area contributed by atoms with Crippen LogP contribution in [0.1, 0.15) is 41.8 Å². The van der Waals surface area contributed by atoms with Crippen molar-refractivity contribution >= 4 is 27.6 Å². The molecule has 2 aliphatic rings. The van der Waals surface area contributed by atoms with Gasteiger partial charge in [0, 0.05) is 31.1 Å². The first kappa shape index (κ1) is 18.6. The van der Waals surface area contributed by atoms with E-state index in [-0.39, 0.29) is 6.04 Å². The molecule has 6 heteroatoms. The van der Waals surface area contributed by atoms with Gasteiger partial charge in [-0.2, -0.15) is 0 Å². The summed E-state index contributed by atoms with van der Waals surface area (Å²) in [6.07, 6.45) is 5.34. The Hall–Kier alpha value is -2.44. The van der Waals surface area contributed by atoms with Gasteiger partial charge >= 0.3 is 6.03 Å². The van der Waals surface area contributed by atoms with E-state index < -0.39 is 6.03 Å². The van der Waals surface area contributed by atoms with E-state index in [1.165, 1.54) is 33.7 Å². The number of nitrogens with zero attached hydrogens (tertiary/aromatic N) is 2. The SMILES string of the molecule is NC(=O)NC1CC2CCC(C1)N2Cc1ccc(Cc2nc3ccccc3s2)cc1. The van der Waals surface area contributed by atoms with Crippen molar-refractivity contribution in [2.45, 2.75) is 56.8 Å². The van der Waals surface area contributed by atoms with Gasteiger partial charge in [0.2, 0.25) is 0 Å². The third kappa shape index (κ3) is 4.00. The third-order valence-electron chi connectivity index (χ3n) is 6.31. The standard InChI is InChI=1S/C23H26N4OS/c24-23(28)25-17-12-18-9-10-19(13-17)27(18)14-16-7-5-15(6-8-16)11-22-26-20-3-1-2-4-21(20)29-22/h1-8,17-19H,9-14H2,(H3,24,25,28). The molecule has 2 saturated heterocycles. The summed E-state index contributed by atoms with van der Waals surface area (Å²) < 4.78 is 1.25. The number of fused-ring (bicyclic) bond motifs is 3. The van der Waals surface area contributed by atoms with Crippen molar-refractivity contribution in [3.8, 4) is 0 Å². The minimum absolute atomic E-state index is 0.234. The van der Waals surface area contributed by atoms with Gasteiger partial charge in [-0.1, -0.05) is 36.4 Å². The molecule has 2 aromatic carbocycles. The molecule has 5 nitrogen and oxygen atoms in total. The number of urea groups is 1. The molecule has 150 valence electrons. The largest absolute Gasteiger partial charge is 0.352 e. The van der Waals surface area contributed by atoms with Crippen LogP contribution < -0.4 is 11.1 Å². The number of piperidine rings is 1. The Labute approximate surface area is 174 Å². The molecule has 2 atom stereocenters. The average molecular weight is 407 g/mol. The Balaban J connectivity index is 1.22. The van der Waals surface area contributed by atoms with Gasteiger partial charge in [0.15, 0.2) is 0 Å². The van der Waals surface area contributed by atoms with Crippen molar-refractivity contribution in [2.24, 2.45) is 5.73 Å². The summed E-state index contributed by atoms with van der Waals surface area (Å²) in [4.78, 5) is 18.6. The number of aromatic nitrogens is 1. The summed E-state index contributed by atoms with van der Waals surface area (Å²) in [5.41, 5.74) is 9.07. The number of hydrogen-bond acceptors (Lipinski definition) is 4. The van der Waals surface area contributed by atoms with E-state index in [1.54, 1.807) is 11.3 Å². The molecule has 2 unspecified atom stereocenters. The fraction of sp³-hybridized carbons (Fsp3) is 0.391. The first-order chi connectivity index (χ1) is 14.1. The number of amides is 2. The highest BCUT2D eigenvalue weighted by atomic mass is 32.1. The number of benzene rings is 2. The van der Waals surface area contributed by atoms with Crippen LogP contribution in [0.25, 0.3) is 10.2 Å². The quantitative estimate of drug-likeness (QED) is 0.671. The normalized spacial score (nSPS) is 24.1. The predicted octanol–water partition coefficient (Wildman–Crippen LogP) is 4.05. The fourth-order valence-electron chi connectivity index (χ4n) is 4.99. The number of primary amides is 1. The lowest BCUT2D eigenvalue weighted by Crippen LogP contribution is -2.51. The molecule has 2 fully saturated rings. The van der Waals surface area contributed by atoms with Crippen LogP contribution in [0.15, 0.2) is 48.5 Å². The molecule has 0 radical (unpaired) electrons. The van der Waals surface area contributed by atoms with Crippen molar-refractivity contribution < 1.29 is 4.79 Å². The maximum atomic E-state index is 11.2. The van der Waals surface area contributed by atoms with Gasteiger partial charge < -0.3 is 11.1 Å². The molecule has 0 saturated carbocycles. The van der Waals surface area contributed by atoms with E-state index >= 15 is 0 Å². The number of hydrogen-bond donors (Lipinski definition) is 2. The second-order valence-corrected chi connectivity index (χ2v) is 9.42. The summed E-state index contributed by atoms with van der Waals surface area (Å²) in [6, 6.07) is 18.3. The highest BCUT2D eigenvalue weighted by Crippen LogP contribution is 2.37. The molecular weight excluding hydrogens is 380 g/mol. The van der Waals surface area contributed by atoms with E-state index in [1.807, 2.05) is 6.07 Å². The number of para-hydroxylation sites is 1. The van der Waals surface area contributed by atoms with Crippen LogP contribution in [0, 0.1) is 0 Å². The molecule has 2 aliphatic heterocycles. The molecular formula is C23H26N4OS. The Morgan fingerprint density at radius 1 is 1.07 bits per heavy atom.